The maximum atomic E-state index is 6.12. The van der Waals surface area contributed by atoms with Crippen molar-refractivity contribution < 1.29 is 4.74 Å². The normalized spacial score (nSPS) is 12.4. The van der Waals surface area contributed by atoms with Crippen molar-refractivity contribution in [1.29, 1.82) is 0 Å². The summed E-state index contributed by atoms with van der Waals surface area (Å²) in [6, 6.07) is 5.62. The van der Waals surface area contributed by atoms with Crippen molar-refractivity contribution in [3.05, 3.63) is 40.4 Å². The largest absolute Gasteiger partial charge is 0.497 e. The minimum Gasteiger partial charge on any atom is -0.497 e. The lowest BCUT2D eigenvalue weighted by Gasteiger charge is -2.13. The van der Waals surface area contributed by atoms with Crippen LogP contribution in [-0.2, 0) is 0 Å². The van der Waals surface area contributed by atoms with Crippen molar-refractivity contribution in [1.82, 2.24) is 9.59 Å². The molecule has 0 aliphatic heterocycles. The Morgan fingerprint density at radius 2 is 2.25 bits per heavy atom. The van der Waals surface area contributed by atoms with Gasteiger partial charge in [0.05, 0.1) is 18.8 Å². The molecule has 4 nitrogen and oxygen atoms in total. The van der Waals surface area contributed by atoms with Crippen molar-refractivity contribution in [3.63, 3.8) is 0 Å². The molecule has 0 aliphatic rings. The molecule has 1 aromatic carbocycles. The van der Waals surface area contributed by atoms with Crippen molar-refractivity contribution in [3.8, 4) is 5.75 Å². The second kappa shape index (κ2) is 4.59. The first kappa shape index (κ1) is 11.0. The Balaban J connectivity index is 2.34. The average molecular weight is 235 g/mol. The lowest BCUT2D eigenvalue weighted by molar-refractivity contribution is 0.414. The molecule has 0 spiro atoms. The van der Waals surface area contributed by atoms with Gasteiger partial charge in [-0.1, -0.05) is 10.6 Å². The van der Waals surface area contributed by atoms with E-state index in [-0.39, 0.29) is 6.04 Å². The molecule has 2 rings (SSSR count). The molecule has 0 saturated carbocycles. The van der Waals surface area contributed by atoms with Crippen LogP contribution in [0.25, 0.3) is 0 Å². The van der Waals surface area contributed by atoms with E-state index in [2.05, 4.69) is 9.59 Å². The summed E-state index contributed by atoms with van der Waals surface area (Å²) in [6.07, 6.45) is 0. The molecule has 0 aliphatic carbocycles. The summed E-state index contributed by atoms with van der Waals surface area (Å²) in [5.41, 5.74) is 9.07. The van der Waals surface area contributed by atoms with Crippen molar-refractivity contribution in [2.24, 2.45) is 5.73 Å². The molecule has 16 heavy (non-hydrogen) atoms. The molecule has 84 valence electrons. The minimum atomic E-state index is -0.218. The molecule has 5 heteroatoms. The smallest absolute Gasteiger partial charge is 0.119 e. The first-order chi connectivity index (χ1) is 7.72. The Morgan fingerprint density at radius 1 is 1.44 bits per heavy atom. The summed E-state index contributed by atoms with van der Waals surface area (Å²) in [5.74, 6) is 0.838. The summed E-state index contributed by atoms with van der Waals surface area (Å²) in [4.78, 5) is 0. The first-order valence-electron chi connectivity index (χ1n) is 4.89. The predicted molar refractivity (Wildman–Crippen MR) is 63.7 cm³/mol. The Labute approximate surface area is 98.2 Å². The van der Waals surface area contributed by atoms with Gasteiger partial charge in [0.1, 0.15) is 5.75 Å². The fraction of sp³-hybridized carbons (Fsp3) is 0.273. The number of benzene rings is 1. The van der Waals surface area contributed by atoms with E-state index in [1.807, 2.05) is 30.5 Å². The van der Waals surface area contributed by atoms with Crippen LogP contribution in [0.15, 0.2) is 23.6 Å². The van der Waals surface area contributed by atoms with Gasteiger partial charge < -0.3 is 10.5 Å². The SMILES string of the molecule is COc1ccc(C(N)c2csnn2)c(C)c1. The number of nitrogens with two attached hydrogens (primary N) is 1. The second-order valence-corrected chi connectivity index (χ2v) is 4.14. The Hall–Kier alpha value is -1.46. The number of hydrogen-bond acceptors (Lipinski definition) is 5. The Morgan fingerprint density at radius 3 is 2.81 bits per heavy atom. The standard InChI is InChI=1S/C11H13N3OS/c1-7-5-8(15-2)3-4-9(7)11(12)10-6-16-14-13-10/h3-6,11H,12H2,1-2H3. The van der Waals surface area contributed by atoms with Crippen LogP contribution >= 0.6 is 11.5 Å². The highest BCUT2D eigenvalue weighted by Crippen LogP contribution is 2.24. The van der Waals surface area contributed by atoms with Gasteiger partial charge in [-0.2, -0.15) is 0 Å². The van der Waals surface area contributed by atoms with Crippen LogP contribution in [0.3, 0.4) is 0 Å². The van der Waals surface area contributed by atoms with Crippen LogP contribution in [0, 0.1) is 6.92 Å². The van der Waals surface area contributed by atoms with Gasteiger partial charge in [0.2, 0.25) is 0 Å². The number of aromatic nitrogens is 2. The maximum absolute atomic E-state index is 6.12. The number of hydrogen-bond donors (Lipinski definition) is 1. The van der Waals surface area contributed by atoms with E-state index in [9.17, 15) is 0 Å². The monoisotopic (exact) mass is 235 g/mol. The quantitative estimate of drug-likeness (QED) is 0.882. The molecule has 2 aromatic rings. The molecular weight excluding hydrogens is 222 g/mol. The predicted octanol–water partition coefficient (Wildman–Crippen LogP) is 1.90. The van der Waals surface area contributed by atoms with Gasteiger partial charge in [-0.05, 0) is 41.7 Å². The molecule has 2 N–H and O–H groups in total. The number of aryl methyl sites for hydroxylation is 1. The van der Waals surface area contributed by atoms with Crippen LogP contribution in [0.4, 0.5) is 0 Å². The number of rotatable bonds is 3. The molecule has 1 heterocycles. The minimum absolute atomic E-state index is 0.218. The molecule has 0 fully saturated rings. The Kier molecular flexibility index (Phi) is 3.17. The zero-order chi connectivity index (χ0) is 11.5. The molecule has 1 aromatic heterocycles. The van der Waals surface area contributed by atoms with Crippen LogP contribution in [-0.4, -0.2) is 16.7 Å². The Bertz CT molecular complexity index is 470. The van der Waals surface area contributed by atoms with E-state index < -0.39 is 0 Å². The van der Waals surface area contributed by atoms with Crippen LogP contribution in [0.2, 0.25) is 0 Å². The lowest BCUT2D eigenvalue weighted by Crippen LogP contribution is -2.13. The third kappa shape index (κ3) is 2.05. The zero-order valence-electron chi connectivity index (χ0n) is 9.18. The fourth-order valence-corrected chi connectivity index (χ4v) is 2.08. The van der Waals surface area contributed by atoms with Crippen LogP contribution < -0.4 is 10.5 Å². The van der Waals surface area contributed by atoms with E-state index in [0.717, 1.165) is 22.6 Å². The van der Waals surface area contributed by atoms with E-state index in [0.29, 0.717) is 0 Å². The van der Waals surface area contributed by atoms with Gasteiger partial charge in [0.15, 0.2) is 0 Å². The molecular formula is C11H13N3OS. The van der Waals surface area contributed by atoms with E-state index in [4.69, 9.17) is 10.5 Å². The summed E-state index contributed by atoms with van der Waals surface area (Å²) < 4.78 is 8.97. The summed E-state index contributed by atoms with van der Waals surface area (Å²) in [5, 5.41) is 5.86. The van der Waals surface area contributed by atoms with E-state index >= 15 is 0 Å². The molecule has 1 unspecified atom stereocenters. The number of ether oxygens (including phenoxy) is 1. The topological polar surface area (TPSA) is 61.0 Å². The van der Waals surface area contributed by atoms with Crippen molar-refractivity contribution in [2.45, 2.75) is 13.0 Å². The van der Waals surface area contributed by atoms with Gasteiger partial charge in [-0.15, -0.1) is 5.10 Å². The highest BCUT2D eigenvalue weighted by atomic mass is 32.1. The summed E-state index contributed by atoms with van der Waals surface area (Å²) in [7, 11) is 1.65. The van der Waals surface area contributed by atoms with Crippen LogP contribution in [0.5, 0.6) is 5.75 Å². The third-order valence-electron chi connectivity index (χ3n) is 2.51. The highest BCUT2D eigenvalue weighted by Gasteiger charge is 2.14. The fourth-order valence-electron chi connectivity index (χ4n) is 1.59. The van der Waals surface area contributed by atoms with Gasteiger partial charge >= 0.3 is 0 Å². The molecule has 0 bridgehead atoms. The van der Waals surface area contributed by atoms with Crippen molar-refractivity contribution in [2.75, 3.05) is 7.11 Å². The van der Waals surface area contributed by atoms with E-state index in [1.54, 1.807) is 7.11 Å². The van der Waals surface area contributed by atoms with E-state index in [1.165, 1.54) is 11.5 Å². The third-order valence-corrected chi connectivity index (χ3v) is 3.03. The average Bonchev–Trinajstić information content (AvgIpc) is 2.81. The van der Waals surface area contributed by atoms with Gasteiger partial charge in [0.25, 0.3) is 0 Å². The molecule has 0 amide bonds. The van der Waals surface area contributed by atoms with Crippen LogP contribution in [0.1, 0.15) is 22.9 Å². The summed E-state index contributed by atoms with van der Waals surface area (Å²) in [6.45, 7) is 2.01. The zero-order valence-corrected chi connectivity index (χ0v) is 9.99. The lowest BCUT2D eigenvalue weighted by atomic mass is 10.00. The first-order valence-corrected chi connectivity index (χ1v) is 5.73. The summed E-state index contributed by atoms with van der Waals surface area (Å²) >= 11 is 1.31. The maximum Gasteiger partial charge on any atom is 0.119 e. The van der Waals surface area contributed by atoms with Crippen molar-refractivity contribution >= 4 is 11.5 Å². The highest BCUT2D eigenvalue weighted by molar-refractivity contribution is 7.03. The molecule has 0 saturated heterocycles. The molecule has 0 radical (unpaired) electrons. The van der Waals surface area contributed by atoms with Gasteiger partial charge in [0, 0.05) is 5.38 Å². The number of nitrogens with zero attached hydrogens (tertiary/aromatic N) is 2. The van der Waals surface area contributed by atoms with Gasteiger partial charge in [-0.25, -0.2) is 0 Å². The van der Waals surface area contributed by atoms with Gasteiger partial charge in [-0.3, -0.25) is 0 Å². The second-order valence-electron chi connectivity index (χ2n) is 3.53. The number of methoxy groups -OCH3 is 1. The molecule has 1 atom stereocenters.